The van der Waals surface area contributed by atoms with Crippen molar-refractivity contribution in [1.82, 2.24) is 15.2 Å². The van der Waals surface area contributed by atoms with E-state index in [9.17, 15) is 4.79 Å². The highest BCUT2D eigenvalue weighted by Crippen LogP contribution is 2.33. The summed E-state index contributed by atoms with van der Waals surface area (Å²) in [7, 11) is 1.58. The van der Waals surface area contributed by atoms with Crippen LogP contribution in [0.2, 0.25) is 0 Å². The molecule has 4 rings (SSSR count). The minimum absolute atomic E-state index is 0.0637. The molecule has 2 amide bonds. The zero-order chi connectivity index (χ0) is 19.3. The number of carbonyl (C=O) groups is 1. The van der Waals surface area contributed by atoms with Crippen LogP contribution in [-0.2, 0) is 13.1 Å². The molecule has 0 spiro atoms. The van der Waals surface area contributed by atoms with Crippen molar-refractivity contribution in [3.63, 3.8) is 0 Å². The van der Waals surface area contributed by atoms with Crippen LogP contribution in [0.5, 0.6) is 5.88 Å². The number of fused-ring (bicyclic) bond motifs is 1. The van der Waals surface area contributed by atoms with Gasteiger partial charge in [-0.05, 0) is 28.3 Å². The van der Waals surface area contributed by atoms with E-state index in [1.54, 1.807) is 13.3 Å². The van der Waals surface area contributed by atoms with Crippen LogP contribution in [0.15, 0.2) is 72.9 Å². The van der Waals surface area contributed by atoms with Gasteiger partial charge in [0.2, 0.25) is 5.88 Å². The third-order valence-electron chi connectivity index (χ3n) is 5.14. The maximum absolute atomic E-state index is 12.9. The van der Waals surface area contributed by atoms with Crippen LogP contribution in [0.3, 0.4) is 0 Å². The molecule has 0 aliphatic carbocycles. The number of nitrogens with zero attached hydrogens (tertiary/aromatic N) is 2. The fourth-order valence-electron chi connectivity index (χ4n) is 3.69. The maximum atomic E-state index is 12.9. The van der Waals surface area contributed by atoms with Gasteiger partial charge >= 0.3 is 6.03 Å². The van der Waals surface area contributed by atoms with Crippen molar-refractivity contribution in [2.24, 2.45) is 0 Å². The molecule has 28 heavy (non-hydrogen) atoms. The first-order valence-electron chi connectivity index (χ1n) is 9.39. The number of hydrogen-bond acceptors (Lipinski definition) is 3. The normalized spacial score (nSPS) is 15.6. The Kier molecular flexibility index (Phi) is 5.24. The van der Waals surface area contributed by atoms with E-state index in [-0.39, 0.29) is 11.9 Å². The van der Waals surface area contributed by atoms with Crippen molar-refractivity contribution >= 4 is 6.03 Å². The fourth-order valence-corrected chi connectivity index (χ4v) is 3.69. The van der Waals surface area contributed by atoms with Gasteiger partial charge in [-0.3, -0.25) is 0 Å². The first-order chi connectivity index (χ1) is 13.7. The second-order valence-corrected chi connectivity index (χ2v) is 6.91. The van der Waals surface area contributed by atoms with E-state index < -0.39 is 0 Å². The van der Waals surface area contributed by atoms with Crippen LogP contribution in [0.1, 0.15) is 28.2 Å². The molecule has 1 N–H and O–H groups in total. The summed E-state index contributed by atoms with van der Waals surface area (Å²) in [5, 5.41) is 3.03. The lowest BCUT2D eigenvalue weighted by molar-refractivity contribution is 0.188. The topological polar surface area (TPSA) is 54.5 Å². The van der Waals surface area contributed by atoms with Gasteiger partial charge in [-0.1, -0.05) is 54.6 Å². The standard InChI is InChI=1S/C23H23N3O2/c1-28-22-13-17(11-12-24-22)14-25-23(27)26-15-19-9-5-6-10-20(19)21(16-26)18-7-3-2-4-8-18/h2-13,21H,14-16H2,1H3,(H,25,27)/t21-/m1/s1. The smallest absolute Gasteiger partial charge is 0.317 e. The van der Waals surface area contributed by atoms with Crippen molar-refractivity contribution in [2.75, 3.05) is 13.7 Å². The highest BCUT2D eigenvalue weighted by atomic mass is 16.5. The van der Waals surface area contributed by atoms with E-state index >= 15 is 0 Å². The fraction of sp³-hybridized carbons (Fsp3) is 0.217. The molecular formula is C23H23N3O2. The van der Waals surface area contributed by atoms with E-state index in [0.717, 1.165) is 5.56 Å². The van der Waals surface area contributed by atoms with Crippen LogP contribution in [0.25, 0.3) is 0 Å². The molecule has 2 aromatic carbocycles. The van der Waals surface area contributed by atoms with E-state index in [0.29, 0.717) is 25.5 Å². The number of carbonyl (C=O) groups excluding carboxylic acids is 1. The number of aromatic nitrogens is 1. The van der Waals surface area contributed by atoms with Gasteiger partial charge in [0.25, 0.3) is 0 Å². The lowest BCUT2D eigenvalue weighted by atomic mass is 9.85. The molecule has 1 aliphatic rings. The zero-order valence-corrected chi connectivity index (χ0v) is 15.8. The van der Waals surface area contributed by atoms with Crippen molar-refractivity contribution in [3.8, 4) is 5.88 Å². The van der Waals surface area contributed by atoms with Gasteiger partial charge in [0, 0.05) is 37.8 Å². The number of amides is 2. The Morgan fingerprint density at radius 3 is 2.75 bits per heavy atom. The third kappa shape index (κ3) is 3.83. The molecule has 1 aliphatic heterocycles. The Morgan fingerprint density at radius 1 is 1.14 bits per heavy atom. The Balaban J connectivity index is 1.51. The van der Waals surface area contributed by atoms with E-state index in [2.05, 4.69) is 40.6 Å². The van der Waals surface area contributed by atoms with E-state index in [1.165, 1.54) is 16.7 Å². The molecule has 5 heteroatoms. The van der Waals surface area contributed by atoms with Crippen LogP contribution >= 0.6 is 0 Å². The predicted octanol–water partition coefficient (Wildman–Crippen LogP) is 3.95. The van der Waals surface area contributed by atoms with Crippen LogP contribution in [0, 0.1) is 0 Å². The van der Waals surface area contributed by atoms with Gasteiger partial charge in [-0.25, -0.2) is 9.78 Å². The average molecular weight is 373 g/mol. The Labute approximate surface area is 165 Å². The maximum Gasteiger partial charge on any atom is 0.317 e. The number of methoxy groups -OCH3 is 1. The SMILES string of the molecule is COc1cc(CNC(=O)N2Cc3ccccc3[C@@H](c3ccccc3)C2)ccn1. The van der Waals surface area contributed by atoms with E-state index in [1.807, 2.05) is 41.3 Å². The molecule has 0 bridgehead atoms. The molecule has 0 radical (unpaired) electrons. The lowest BCUT2D eigenvalue weighted by Crippen LogP contribution is -2.44. The summed E-state index contributed by atoms with van der Waals surface area (Å²) in [4.78, 5) is 18.9. The molecule has 3 aromatic rings. The van der Waals surface area contributed by atoms with Gasteiger partial charge in [0.15, 0.2) is 0 Å². The van der Waals surface area contributed by atoms with Crippen molar-refractivity contribution in [1.29, 1.82) is 0 Å². The Morgan fingerprint density at radius 2 is 1.93 bits per heavy atom. The molecule has 0 saturated heterocycles. The lowest BCUT2D eigenvalue weighted by Gasteiger charge is -2.35. The van der Waals surface area contributed by atoms with Crippen molar-refractivity contribution in [2.45, 2.75) is 19.0 Å². The third-order valence-corrected chi connectivity index (χ3v) is 5.14. The van der Waals surface area contributed by atoms with Gasteiger partial charge in [-0.2, -0.15) is 0 Å². The quantitative estimate of drug-likeness (QED) is 0.753. The van der Waals surface area contributed by atoms with Gasteiger partial charge in [0.05, 0.1) is 7.11 Å². The molecule has 0 unspecified atom stereocenters. The molecular weight excluding hydrogens is 350 g/mol. The predicted molar refractivity (Wildman–Crippen MR) is 108 cm³/mol. The van der Waals surface area contributed by atoms with Crippen LogP contribution < -0.4 is 10.1 Å². The summed E-state index contributed by atoms with van der Waals surface area (Å²) >= 11 is 0. The molecule has 142 valence electrons. The number of rotatable bonds is 4. The van der Waals surface area contributed by atoms with Crippen LogP contribution in [-0.4, -0.2) is 29.6 Å². The second kappa shape index (κ2) is 8.13. The Hall–Kier alpha value is -3.34. The zero-order valence-electron chi connectivity index (χ0n) is 15.8. The highest BCUT2D eigenvalue weighted by molar-refractivity contribution is 5.75. The van der Waals surface area contributed by atoms with Gasteiger partial charge < -0.3 is 15.0 Å². The summed E-state index contributed by atoms with van der Waals surface area (Å²) in [6.45, 7) is 1.71. The highest BCUT2D eigenvalue weighted by Gasteiger charge is 2.28. The molecule has 5 nitrogen and oxygen atoms in total. The number of pyridine rings is 1. The number of hydrogen-bond donors (Lipinski definition) is 1. The second-order valence-electron chi connectivity index (χ2n) is 6.91. The number of ether oxygens (including phenoxy) is 1. The summed E-state index contributed by atoms with van der Waals surface area (Å²) in [5.74, 6) is 0.723. The van der Waals surface area contributed by atoms with Gasteiger partial charge in [-0.15, -0.1) is 0 Å². The molecule has 1 aromatic heterocycles. The summed E-state index contributed by atoms with van der Waals surface area (Å²) in [5.41, 5.74) is 4.68. The van der Waals surface area contributed by atoms with E-state index in [4.69, 9.17) is 4.74 Å². The van der Waals surface area contributed by atoms with Crippen molar-refractivity contribution in [3.05, 3.63) is 95.2 Å². The molecule has 1 atom stereocenters. The number of benzene rings is 2. The van der Waals surface area contributed by atoms with Crippen molar-refractivity contribution < 1.29 is 9.53 Å². The minimum Gasteiger partial charge on any atom is -0.481 e. The first-order valence-corrected chi connectivity index (χ1v) is 9.39. The largest absolute Gasteiger partial charge is 0.481 e. The first kappa shape index (κ1) is 18.0. The summed E-state index contributed by atoms with van der Waals surface area (Å²) in [6.07, 6.45) is 1.68. The summed E-state index contributed by atoms with van der Waals surface area (Å²) < 4.78 is 5.15. The minimum atomic E-state index is -0.0637. The molecule has 2 heterocycles. The Bertz CT molecular complexity index is 959. The average Bonchev–Trinajstić information content (AvgIpc) is 2.77. The van der Waals surface area contributed by atoms with Crippen LogP contribution in [0.4, 0.5) is 4.79 Å². The number of urea groups is 1. The monoisotopic (exact) mass is 373 g/mol. The summed E-state index contributed by atoms with van der Waals surface area (Å²) in [6, 6.07) is 22.4. The van der Waals surface area contributed by atoms with Gasteiger partial charge in [0.1, 0.15) is 0 Å². The molecule has 0 saturated carbocycles. The molecule has 0 fully saturated rings. The number of nitrogens with one attached hydrogen (secondary N) is 1.